The maximum atomic E-state index is 13.2. The summed E-state index contributed by atoms with van der Waals surface area (Å²) in [5, 5.41) is 0. The second-order valence-electron chi connectivity index (χ2n) is 7.36. The van der Waals surface area contributed by atoms with Crippen LogP contribution in [0.4, 0.5) is 0 Å². The lowest BCUT2D eigenvalue weighted by Gasteiger charge is -2.40. The molecule has 1 aliphatic rings. The predicted octanol–water partition coefficient (Wildman–Crippen LogP) is 3.79. The normalized spacial score (nSPS) is 17.1. The Balaban J connectivity index is 1.46. The molecule has 5 nitrogen and oxygen atoms in total. The number of aromatic nitrogens is 1. The van der Waals surface area contributed by atoms with Crippen molar-refractivity contribution in [3.8, 4) is 5.75 Å². The summed E-state index contributed by atoms with van der Waals surface area (Å²) in [5.41, 5.74) is 2.92. The molecule has 5 heteroatoms. The van der Waals surface area contributed by atoms with Crippen molar-refractivity contribution in [1.29, 1.82) is 0 Å². The highest BCUT2D eigenvalue weighted by molar-refractivity contribution is 5.94. The number of pyridine rings is 1. The van der Waals surface area contributed by atoms with Crippen molar-refractivity contribution in [2.45, 2.75) is 12.6 Å². The van der Waals surface area contributed by atoms with Crippen molar-refractivity contribution in [2.75, 3.05) is 26.7 Å². The fraction of sp³-hybridized carbons (Fsp3) is 0.250. The van der Waals surface area contributed by atoms with Crippen molar-refractivity contribution in [2.24, 2.45) is 0 Å². The third kappa shape index (κ3) is 4.63. The van der Waals surface area contributed by atoms with Gasteiger partial charge in [-0.25, -0.2) is 0 Å². The van der Waals surface area contributed by atoms with Gasteiger partial charge in [-0.05, 0) is 54.6 Å². The zero-order valence-corrected chi connectivity index (χ0v) is 16.6. The molecule has 0 aliphatic carbocycles. The maximum Gasteiger partial charge on any atom is 0.254 e. The Morgan fingerprint density at radius 2 is 1.72 bits per heavy atom. The first kappa shape index (κ1) is 19.2. The van der Waals surface area contributed by atoms with E-state index in [0.29, 0.717) is 12.2 Å². The lowest BCUT2D eigenvalue weighted by atomic mass is 10.0. The summed E-state index contributed by atoms with van der Waals surface area (Å²) in [6, 6.07) is 21.6. The molecule has 1 aliphatic heterocycles. The smallest absolute Gasteiger partial charge is 0.254 e. The Morgan fingerprint density at radius 3 is 2.45 bits per heavy atom. The molecule has 0 unspecified atom stereocenters. The number of likely N-dealkylation sites (N-methyl/N-ethyl adjacent to an activating group) is 1. The van der Waals surface area contributed by atoms with Gasteiger partial charge in [-0.1, -0.05) is 30.3 Å². The lowest BCUT2D eigenvalue weighted by molar-refractivity contribution is 0.0498. The van der Waals surface area contributed by atoms with Crippen LogP contribution in [0.1, 0.15) is 27.5 Å². The molecule has 0 radical (unpaired) electrons. The molecule has 0 saturated carbocycles. The van der Waals surface area contributed by atoms with Crippen molar-refractivity contribution >= 4 is 5.91 Å². The van der Waals surface area contributed by atoms with Crippen LogP contribution >= 0.6 is 0 Å². The molecule has 2 heterocycles. The number of amides is 1. The first-order valence-corrected chi connectivity index (χ1v) is 9.87. The van der Waals surface area contributed by atoms with E-state index in [-0.39, 0.29) is 11.9 Å². The van der Waals surface area contributed by atoms with Crippen LogP contribution in [-0.4, -0.2) is 47.4 Å². The van der Waals surface area contributed by atoms with Crippen LogP contribution < -0.4 is 4.74 Å². The molecule has 1 saturated heterocycles. The highest BCUT2D eigenvalue weighted by Gasteiger charge is 2.30. The van der Waals surface area contributed by atoms with Gasteiger partial charge in [-0.3, -0.25) is 9.78 Å². The van der Waals surface area contributed by atoms with Crippen LogP contribution in [0.2, 0.25) is 0 Å². The van der Waals surface area contributed by atoms with Gasteiger partial charge >= 0.3 is 0 Å². The number of hydrogen-bond donors (Lipinski definition) is 0. The van der Waals surface area contributed by atoms with E-state index in [4.69, 9.17) is 4.74 Å². The summed E-state index contributed by atoms with van der Waals surface area (Å²) in [7, 11) is 2.10. The van der Waals surface area contributed by atoms with Crippen LogP contribution in [0.25, 0.3) is 0 Å². The minimum atomic E-state index is 0.0602. The Bertz CT molecular complexity index is 929. The second-order valence-corrected chi connectivity index (χ2v) is 7.36. The summed E-state index contributed by atoms with van der Waals surface area (Å²) < 4.78 is 5.82. The molecule has 1 amide bonds. The number of nitrogens with zero attached hydrogens (tertiary/aromatic N) is 3. The number of carbonyl (C=O) groups is 1. The van der Waals surface area contributed by atoms with Crippen molar-refractivity contribution in [3.05, 3.63) is 95.8 Å². The van der Waals surface area contributed by atoms with Gasteiger partial charge in [0.15, 0.2) is 0 Å². The molecular weight excluding hydrogens is 362 g/mol. The van der Waals surface area contributed by atoms with Crippen LogP contribution in [0.3, 0.4) is 0 Å². The summed E-state index contributed by atoms with van der Waals surface area (Å²) >= 11 is 0. The topological polar surface area (TPSA) is 45.7 Å². The summed E-state index contributed by atoms with van der Waals surface area (Å²) in [4.78, 5) is 21.5. The fourth-order valence-electron chi connectivity index (χ4n) is 3.63. The van der Waals surface area contributed by atoms with Gasteiger partial charge in [0.25, 0.3) is 5.91 Å². The van der Waals surface area contributed by atoms with Crippen LogP contribution in [0.5, 0.6) is 5.75 Å². The van der Waals surface area contributed by atoms with Gasteiger partial charge in [0.2, 0.25) is 0 Å². The van der Waals surface area contributed by atoms with E-state index in [1.165, 1.54) is 5.56 Å². The first-order valence-electron chi connectivity index (χ1n) is 9.87. The first-order chi connectivity index (χ1) is 14.2. The Morgan fingerprint density at radius 1 is 1.00 bits per heavy atom. The van der Waals surface area contributed by atoms with Gasteiger partial charge in [0.05, 0.1) is 6.04 Å². The minimum Gasteiger partial charge on any atom is -0.489 e. The number of ether oxygens (including phenoxy) is 1. The monoisotopic (exact) mass is 387 g/mol. The summed E-state index contributed by atoms with van der Waals surface area (Å²) in [5.74, 6) is 0.809. The molecule has 2 aromatic carbocycles. The fourth-order valence-corrected chi connectivity index (χ4v) is 3.63. The van der Waals surface area contributed by atoms with E-state index in [1.807, 2.05) is 59.5 Å². The standard InChI is InChI=1S/C24H25N3O2/c1-26-15-16-27(23(17-26)20-5-3-2-4-6-20)24(28)21-7-9-22(10-8-21)29-18-19-11-13-25-14-12-19/h2-14,23H,15-18H2,1H3/t23-/m0/s1. The molecule has 148 valence electrons. The zero-order valence-electron chi connectivity index (χ0n) is 16.6. The molecule has 29 heavy (non-hydrogen) atoms. The largest absolute Gasteiger partial charge is 0.489 e. The van der Waals surface area contributed by atoms with Crippen molar-refractivity contribution < 1.29 is 9.53 Å². The quantitative estimate of drug-likeness (QED) is 0.668. The average Bonchev–Trinajstić information content (AvgIpc) is 2.79. The molecule has 1 aromatic heterocycles. The maximum absolute atomic E-state index is 13.2. The highest BCUT2D eigenvalue weighted by atomic mass is 16.5. The van der Waals surface area contributed by atoms with Gasteiger partial charge in [-0.2, -0.15) is 0 Å². The van der Waals surface area contributed by atoms with E-state index in [9.17, 15) is 4.79 Å². The number of rotatable bonds is 5. The number of carbonyl (C=O) groups excluding carboxylic acids is 1. The molecule has 4 rings (SSSR count). The lowest BCUT2D eigenvalue weighted by Crippen LogP contribution is -2.49. The second kappa shape index (κ2) is 8.88. The van der Waals surface area contributed by atoms with Crippen molar-refractivity contribution in [3.63, 3.8) is 0 Å². The van der Waals surface area contributed by atoms with Crippen LogP contribution in [0, 0.1) is 0 Å². The molecule has 1 atom stereocenters. The Kier molecular flexibility index (Phi) is 5.86. The molecule has 3 aromatic rings. The Hall–Kier alpha value is -3.18. The molecule has 0 spiro atoms. The molecule has 0 N–H and O–H groups in total. The van der Waals surface area contributed by atoms with E-state index in [0.717, 1.165) is 30.9 Å². The zero-order chi connectivity index (χ0) is 20.1. The summed E-state index contributed by atoms with van der Waals surface area (Å²) in [6.07, 6.45) is 3.50. The van der Waals surface area contributed by atoms with E-state index in [1.54, 1.807) is 12.4 Å². The van der Waals surface area contributed by atoms with E-state index < -0.39 is 0 Å². The molecule has 1 fully saturated rings. The molecular formula is C24H25N3O2. The van der Waals surface area contributed by atoms with E-state index >= 15 is 0 Å². The Labute approximate surface area is 171 Å². The van der Waals surface area contributed by atoms with Crippen molar-refractivity contribution in [1.82, 2.24) is 14.8 Å². The number of benzene rings is 2. The third-order valence-corrected chi connectivity index (χ3v) is 5.28. The third-order valence-electron chi connectivity index (χ3n) is 5.28. The van der Waals surface area contributed by atoms with Gasteiger partial charge in [-0.15, -0.1) is 0 Å². The van der Waals surface area contributed by atoms with Gasteiger partial charge in [0, 0.05) is 37.6 Å². The number of piperazine rings is 1. The highest BCUT2D eigenvalue weighted by Crippen LogP contribution is 2.27. The predicted molar refractivity (Wildman–Crippen MR) is 113 cm³/mol. The van der Waals surface area contributed by atoms with Gasteiger partial charge < -0.3 is 14.5 Å². The van der Waals surface area contributed by atoms with Crippen LogP contribution in [0.15, 0.2) is 79.1 Å². The van der Waals surface area contributed by atoms with E-state index in [2.05, 4.69) is 29.1 Å². The minimum absolute atomic E-state index is 0.0602. The number of hydrogen-bond acceptors (Lipinski definition) is 4. The average molecular weight is 387 g/mol. The SMILES string of the molecule is CN1CCN(C(=O)c2ccc(OCc3ccncc3)cc2)[C@H](c2ccccc2)C1. The molecule has 0 bridgehead atoms. The van der Waals surface area contributed by atoms with Crippen LogP contribution in [-0.2, 0) is 6.61 Å². The summed E-state index contributed by atoms with van der Waals surface area (Å²) in [6.45, 7) is 2.91. The van der Waals surface area contributed by atoms with Gasteiger partial charge in [0.1, 0.15) is 12.4 Å².